The minimum absolute atomic E-state index is 0.0878. The lowest BCUT2D eigenvalue weighted by Gasteiger charge is -2.20. The van der Waals surface area contributed by atoms with E-state index in [1.165, 1.54) is 5.56 Å². The summed E-state index contributed by atoms with van der Waals surface area (Å²) in [4.78, 5) is 2.10. The number of hydrogen-bond acceptors (Lipinski definition) is 4. The van der Waals surface area contributed by atoms with Crippen LogP contribution in [0, 0.1) is 0 Å². The Hall–Kier alpha value is -1.94. The molecule has 0 saturated carbocycles. The largest absolute Gasteiger partial charge is 0.354 e. The topological polar surface area (TPSA) is 41.0 Å². The van der Waals surface area contributed by atoms with E-state index in [9.17, 15) is 0 Å². The fraction of sp³-hybridized carbons (Fsp3) is 0.412. The molecular formula is C17H24N4. The van der Waals surface area contributed by atoms with E-state index in [1.54, 1.807) is 0 Å². The van der Waals surface area contributed by atoms with Crippen LogP contribution in [0.2, 0.25) is 0 Å². The zero-order chi connectivity index (χ0) is 15.3. The summed E-state index contributed by atoms with van der Waals surface area (Å²) in [6.45, 7) is 7.99. The van der Waals surface area contributed by atoms with E-state index in [0.717, 1.165) is 24.6 Å². The average Bonchev–Trinajstić information content (AvgIpc) is 2.46. The molecule has 4 nitrogen and oxygen atoms in total. The third-order valence-corrected chi connectivity index (χ3v) is 3.16. The molecule has 112 valence electrons. The van der Waals surface area contributed by atoms with E-state index < -0.39 is 0 Å². The Morgan fingerprint density at radius 3 is 2.29 bits per heavy atom. The van der Waals surface area contributed by atoms with E-state index in [-0.39, 0.29) is 5.54 Å². The zero-order valence-corrected chi connectivity index (χ0v) is 13.3. The highest BCUT2D eigenvalue weighted by Gasteiger charge is 2.10. The second-order valence-corrected chi connectivity index (χ2v) is 6.33. The molecule has 0 aliphatic carbocycles. The molecule has 0 aliphatic heterocycles. The van der Waals surface area contributed by atoms with Gasteiger partial charge in [-0.05, 0) is 38.5 Å². The van der Waals surface area contributed by atoms with Crippen LogP contribution in [0.5, 0.6) is 0 Å². The molecule has 4 heteroatoms. The lowest BCUT2D eigenvalue weighted by molar-refractivity contribution is 0.420. The van der Waals surface area contributed by atoms with Gasteiger partial charge in [0.15, 0.2) is 5.82 Å². The summed E-state index contributed by atoms with van der Waals surface area (Å²) in [5, 5.41) is 12.0. The van der Waals surface area contributed by atoms with Crippen molar-refractivity contribution in [1.82, 2.24) is 15.5 Å². The van der Waals surface area contributed by atoms with Crippen molar-refractivity contribution in [2.75, 3.05) is 11.9 Å². The third-order valence-electron chi connectivity index (χ3n) is 3.16. The first kappa shape index (κ1) is 15.4. The van der Waals surface area contributed by atoms with E-state index in [1.807, 2.05) is 25.2 Å². The summed E-state index contributed by atoms with van der Waals surface area (Å²) in [6.07, 6.45) is 0. The van der Waals surface area contributed by atoms with Crippen LogP contribution in [0.1, 0.15) is 32.0 Å². The van der Waals surface area contributed by atoms with Gasteiger partial charge >= 0.3 is 0 Å². The van der Waals surface area contributed by atoms with Crippen molar-refractivity contribution in [3.63, 3.8) is 0 Å². The first-order chi connectivity index (χ1) is 9.94. The van der Waals surface area contributed by atoms with Crippen LogP contribution in [-0.2, 0) is 13.1 Å². The molecule has 21 heavy (non-hydrogen) atoms. The van der Waals surface area contributed by atoms with Gasteiger partial charge in [-0.1, -0.05) is 30.3 Å². The maximum Gasteiger partial charge on any atom is 0.151 e. The van der Waals surface area contributed by atoms with Crippen molar-refractivity contribution in [3.05, 3.63) is 53.7 Å². The van der Waals surface area contributed by atoms with Gasteiger partial charge < -0.3 is 10.2 Å². The molecule has 0 atom stereocenters. The molecular weight excluding hydrogens is 260 g/mol. The second kappa shape index (κ2) is 6.68. The molecule has 0 saturated heterocycles. The standard InChI is InChI=1S/C17H24N4/c1-17(2,3)18-12-15-10-11-16(20-19-15)21(4)13-14-8-6-5-7-9-14/h5-11,18H,12-13H2,1-4H3. The van der Waals surface area contributed by atoms with Crippen molar-refractivity contribution < 1.29 is 0 Å². The Morgan fingerprint density at radius 1 is 1.00 bits per heavy atom. The maximum atomic E-state index is 4.31. The molecule has 0 amide bonds. The van der Waals surface area contributed by atoms with E-state index in [2.05, 4.69) is 65.5 Å². The fourth-order valence-electron chi connectivity index (χ4n) is 1.94. The highest BCUT2D eigenvalue weighted by atomic mass is 15.2. The Balaban J connectivity index is 1.95. The predicted molar refractivity (Wildman–Crippen MR) is 87.2 cm³/mol. The molecule has 1 heterocycles. The number of benzene rings is 1. The van der Waals surface area contributed by atoms with Gasteiger partial charge in [-0.25, -0.2) is 0 Å². The van der Waals surface area contributed by atoms with Crippen molar-refractivity contribution in [2.24, 2.45) is 0 Å². The summed E-state index contributed by atoms with van der Waals surface area (Å²) in [7, 11) is 2.03. The van der Waals surface area contributed by atoms with Crippen LogP contribution < -0.4 is 10.2 Å². The Morgan fingerprint density at radius 2 is 1.71 bits per heavy atom. The first-order valence-electron chi connectivity index (χ1n) is 7.27. The molecule has 1 aromatic carbocycles. The number of nitrogens with zero attached hydrogens (tertiary/aromatic N) is 3. The van der Waals surface area contributed by atoms with E-state index in [4.69, 9.17) is 0 Å². The molecule has 0 bridgehead atoms. The monoisotopic (exact) mass is 284 g/mol. The number of anilines is 1. The van der Waals surface area contributed by atoms with E-state index in [0.29, 0.717) is 0 Å². The van der Waals surface area contributed by atoms with Gasteiger partial charge in [-0.2, -0.15) is 5.10 Å². The highest BCUT2D eigenvalue weighted by molar-refractivity contribution is 5.37. The molecule has 1 aromatic heterocycles. The summed E-state index contributed by atoms with van der Waals surface area (Å²) in [6, 6.07) is 14.4. The lowest BCUT2D eigenvalue weighted by Crippen LogP contribution is -2.35. The van der Waals surface area contributed by atoms with Crippen LogP contribution in [0.15, 0.2) is 42.5 Å². The molecule has 2 rings (SSSR count). The third kappa shape index (κ3) is 5.16. The van der Waals surface area contributed by atoms with Gasteiger partial charge in [0.25, 0.3) is 0 Å². The summed E-state index contributed by atoms with van der Waals surface area (Å²) in [5.41, 5.74) is 2.31. The van der Waals surface area contributed by atoms with Gasteiger partial charge in [0.05, 0.1) is 5.69 Å². The number of nitrogens with one attached hydrogen (secondary N) is 1. The smallest absolute Gasteiger partial charge is 0.151 e. The SMILES string of the molecule is CN(Cc1ccccc1)c1ccc(CNC(C)(C)C)nn1. The van der Waals surface area contributed by atoms with Crippen LogP contribution in [0.4, 0.5) is 5.82 Å². The van der Waals surface area contributed by atoms with Gasteiger partial charge in [-0.15, -0.1) is 5.10 Å². The van der Waals surface area contributed by atoms with E-state index >= 15 is 0 Å². The average molecular weight is 284 g/mol. The second-order valence-electron chi connectivity index (χ2n) is 6.33. The normalized spacial score (nSPS) is 11.4. The number of hydrogen-bond donors (Lipinski definition) is 1. The molecule has 0 spiro atoms. The Kier molecular flexibility index (Phi) is 4.91. The Labute approximate surface area is 127 Å². The maximum absolute atomic E-state index is 4.31. The quantitative estimate of drug-likeness (QED) is 0.916. The van der Waals surface area contributed by atoms with Gasteiger partial charge in [0, 0.05) is 25.7 Å². The van der Waals surface area contributed by atoms with Gasteiger partial charge in [-0.3, -0.25) is 0 Å². The summed E-state index contributed by atoms with van der Waals surface area (Å²) >= 11 is 0. The van der Waals surface area contributed by atoms with Crippen LogP contribution in [-0.4, -0.2) is 22.8 Å². The lowest BCUT2D eigenvalue weighted by atomic mass is 10.1. The van der Waals surface area contributed by atoms with Crippen LogP contribution in [0.25, 0.3) is 0 Å². The van der Waals surface area contributed by atoms with Gasteiger partial charge in [0.1, 0.15) is 0 Å². The van der Waals surface area contributed by atoms with Crippen LogP contribution >= 0.6 is 0 Å². The van der Waals surface area contributed by atoms with Gasteiger partial charge in [0.2, 0.25) is 0 Å². The Bertz CT molecular complexity index is 543. The number of aromatic nitrogens is 2. The molecule has 1 N–H and O–H groups in total. The van der Waals surface area contributed by atoms with Crippen molar-refractivity contribution >= 4 is 5.82 Å². The molecule has 0 unspecified atom stereocenters. The minimum atomic E-state index is 0.0878. The number of rotatable bonds is 5. The zero-order valence-electron chi connectivity index (χ0n) is 13.3. The van der Waals surface area contributed by atoms with Crippen LogP contribution in [0.3, 0.4) is 0 Å². The van der Waals surface area contributed by atoms with Crippen molar-refractivity contribution in [1.29, 1.82) is 0 Å². The van der Waals surface area contributed by atoms with Crippen molar-refractivity contribution in [3.8, 4) is 0 Å². The minimum Gasteiger partial charge on any atom is -0.354 e. The van der Waals surface area contributed by atoms with Crippen molar-refractivity contribution in [2.45, 2.75) is 39.4 Å². The molecule has 0 radical (unpaired) electrons. The highest BCUT2D eigenvalue weighted by Crippen LogP contribution is 2.12. The first-order valence-corrected chi connectivity index (χ1v) is 7.27. The molecule has 2 aromatic rings. The summed E-state index contributed by atoms with van der Waals surface area (Å²) < 4.78 is 0. The fourth-order valence-corrected chi connectivity index (χ4v) is 1.94. The summed E-state index contributed by atoms with van der Waals surface area (Å²) in [5.74, 6) is 0.887. The molecule has 0 fully saturated rings. The molecule has 0 aliphatic rings. The predicted octanol–water partition coefficient (Wildman–Crippen LogP) is 3.00.